The van der Waals surface area contributed by atoms with Crippen molar-refractivity contribution in [2.24, 2.45) is 11.7 Å². The number of halogens is 1. The number of hydrogen-bond acceptors (Lipinski definition) is 2. The fraction of sp³-hybridized carbons (Fsp3) is 0.385. The summed E-state index contributed by atoms with van der Waals surface area (Å²) in [5.41, 5.74) is 6.06. The van der Waals surface area contributed by atoms with Crippen LogP contribution in [0.2, 0.25) is 0 Å². The standard InChI is InChI=1S/C13H15FN2O2/c1-8(9-2-4-11(14)5-3-9)16-7-10(13(15)18)6-12(16)17/h2-5,8,10H,6-7H2,1H3,(H2,15,18). The largest absolute Gasteiger partial charge is 0.369 e. The van der Waals surface area contributed by atoms with Crippen LogP contribution in [-0.2, 0) is 9.59 Å². The fourth-order valence-electron chi connectivity index (χ4n) is 2.22. The maximum Gasteiger partial charge on any atom is 0.223 e. The molecule has 0 radical (unpaired) electrons. The zero-order valence-electron chi connectivity index (χ0n) is 10.1. The van der Waals surface area contributed by atoms with Gasteiger partial charge < -0.3 is 10.6 Å². The third-order valence-electron chi connectivity index (χ3n) is 3.38. The Morgan fingerprint density at radius 3 is 2.56 bits per heavy atom. The quantitative estimate of drug-likeness (QED) is 0.876. The van der Waals surface area contributed by atoms with Crippen molar-refractivity contribution in [3.8, 4) is 0 Å². The molecule has 2 N–H and O–H groups in total. The van der Waals surface area contributed by atoms with Crippen molar-refractivity contribution in [2.75, 3.05) is 6.54 Å². The monoisotopic (exact) mass is 250 g/mol. The van der Waals surface area contributed by atoms with Crippen molar-refractivity contribution in [3.63, 3.8) is 0 Å². The highest BCUT2D eigenvalue weighted by atomic mass is 19.1. The zero-order chi connectivity index (χ0) is 13.3. The Morgan fingerprint density at radius 2 is 2.06 bits per heavy atom. The van der Waals surface area contributed by atoms with Crippen LogP contribution in [0, 0.1) is 11.7 Å². The van der Waals surface area contributed by atoms with E-state index in [2.05, 4.69) is 0 Å². The minimum atomic E-state index is -0.447. The summed E-state index contributed by atoms with van der Waals surface area (Å²) < 4.78 is 12.8. The molecule has 96 valence electrons. The lowest BCUT2D eigenvalue weighted by Gasteiger charge is -2.25. The van der Waals surface area contributed by atoms with E-state index in [0.717, 1.165) is 5.56 Å². The summed E-state index contributed by atoms with van der Waals surface area (Å²) in [6, 6.07) is 5.83. The molecule has 0 spiro atoms. The number of primary amides is 1. The van der Waals surface area contributed by atoms with Crippen molar-refractivity contribution in [1.82, 2.24) is 4.90 Å². The normalized spacial score (nSPS) is 21.1. The molecule has 18 heavy (non-hydrogen) atoms. The molecule has 1 aliphatic rings. The van der Waals surface area contributed by atoms with Crippen molar-refractivity contribution in [2.45, 2.75) is 19.4 Å². The van der Waals surface area contributed by atoms with Gasteiger partial charge in [-0.3, -0.25) is 9.59 Å². The van der Waals surface area contributed by atoms with Crippen molar-refractivity contribution >= 4 is 11.8 Å². The molecule has 1 fully saturated rings. The van der Waals surface area contributed by atoms with Crippen LogP contribution in [-0.4, -0.2) is 23.3 Å². The number of amides is 2. The lowest BCUT2D eigenvalue weighted by atomic mass is 10.1. The Hall–Kier alpha value is -1.91. The number of nitrogens with two attached hydrogens (primary N) is 1. The maximum atomic E-state index is 12.8. The van der Waals surface area contributed by atoms with Crippen LogP contribution in [0.25, 0.3) is 0 Å². The lowest BCUT2D eigenvalue weighted by molar-refractivity contribution is -0.130. The topological polar surface area (TPSA) is 63.4 Å². The Labute approximate surface area is 105 Å². The molecule has 1 aromatic carbocycles. The fourth-order valence-corrected chi connectivity index (χ4v) is 2.22. The van der Waals surface area contributed by atoms with Gasteiger partial charge in [0.1, 0.15) is 5.82 Å². The SMILES string of the molecule is CC(c1ccc(F)cc1)N1CC(C(N)=O)CC1=O. The highest BCUT2D eigenvalue weighted by Gasteiger charge is 2.35. The zero-order valence-corrected chi connectivity index (χ0v) is 10.1. The molecule has 2 unspecified atom stereocenters. The second kappa shape index (κ2) is 4.76. The van der Waals surface area contributed by atoms with Gasteiger partial charge in [-0.05, 0) is 24.6 Å². The number of benzene rings is 1. The first-order valence-corrected chi connectivity index (χ1v) is 5.83. The Bertz CT molecular complexity index is 472. The third kappa shape index (κ3) is 2.34. The predicted octanol–water partition coefficient (Wildman–Crippen LogP) is 1.22. The van der Waals surface area contributed by atoms with Crippen LogP contribution in [0.4, 0.5) is 4.39 Å². The molecular formula is C13H15FN2O2. The van der Waals surface area contributed by atoms with Crippen LogP contribution < -0.4 is 5.73 Å². The van der Waals surface area contributed by atoms with E-state index in [-0.39, 0.29) is 24.2 Å². The van der Waals surface area contributed by atoms with E-state index < -0.39 is 11.8 Å². The van der Waals surface area contributed by atoms with Crippen molar-refractivity contribution in [1.29, 1.82) is 0 Å². The summed E-state index contributed by atoms with van der Waals surface area (Å²) in [6.07, 6.45) is 0.168. The number of hydrogen-bond donors (Lipinski definition) is 1. The lowest BCUT2D eigenvalue weighted by Crippen LogP contribution is -2.30. The molecule has 0 aromatic heterocycles. The number of carbonyl (C=O) groups is 2. The number of rotatable bonds is 3. The van der Waals surface area contributed by atoms with Gasteiger partial charge in [0.2, 0.25) is 11.8 Å². The summed E-state index contributed by atoms with van der Waals surface area (Å²) in [5, 5.41) is 0. The summed E-state index contributed by atoms with van der Waals surface area (Å²) >= 11 is 0. The highest BCUT2D eigenvalue weighted by molar-refractivity contribution is 5.88. The second-order valence-electron chi connectivity index (χ2n) is 4.58. The number of likely N-dealkylation sites (tertiary alicyclic amines) is 1. The molecule has 1 saturated heterocycles. The molecule has 0 bridgehead atoms. The van der Waals surface area contributed by atoms with E-state index in [1.165, 1.54) is 12.1 Å². The van der Waals surface area contributed by atoms with Gasteiger partial charge in [-0.15, -0.1) is 0 Å². The molecule has 5 heteroatoms. The second-order valence-corrected chi connectivity index (χ2v) is 4.58. The Morgan fingerprint density at radius 1 is 1.44 bits per heavy atom. The van der Waals surface area contributed by atoms with Gasteiger partial charge in [0, 0.05) is 13.0 Å². The molecule has 1 aromatic rings. The average molecular weight is 250 g/mol. The highest BCUT2D eigenvalue weighted by Crippen LogP contribution is 2.28. The van der Waals surface area contributed by atoms with Gasteiger partial charge in [0.25, 0.3) is 0 Å². The van der Waals surface area contributed by atoms with Gasteiger partial charge >= 0.3 is 0 Å². The Kier molecular flexibility index (Phi) is 3.32. The van der Waals surface area contributed by atoms with Crippen LogP contribution in [0.3, 0.4) is 0 Å². The van der Waals surface area contributed by atoms with Crippen LogP contribution >= 0.6 is 0 Å². The van der Waals surface area contributed by atoms with Gasteiger partial charge in [0.05, 0.1) is 12.0 Å². The van der Waals surface area contributed by atoms with Crippen molar-refractivity contribution < 1.29 is 14.0 Å². The van der Waals surface area contributed by atoms with E-state index in [0.29, 0.717) is 6.54 Å². The molecule has 0 aliphatic carbocycles. The van der Waals surface area contributed by atoms with E-state index >= 15 is 0 Å². The summed E-state index contributed by atoms with van der Waals surface area (Å²) in [7, 11) is 0. The van der Waals surface area contributed by atoms with E-state index in [1.54, 1.807) is 17.0 Å². The Balaban J connectivity index is 2.14. The minimum absolute atomic E-state index is 0.0874. The number of carbonyl (C=O) groups excluding carboxylic acids is 2. The summed E-state index contributed by atoms with van der Waals surface area (Å²) in [4.78, 5) is 24.5. The first-order valence-electron chi connectivity index (χ1n) is 5.83. The van der Waals surface area contributed by atoms with E-state index in [4.69, 9.17) is 5.73 Å². The third-order valence-corrected chi connectivity index (χ3v) is 3.38. The van der Waals surface area contributed by atoms with E-state index in [9.17, 15) is 14.0 Å². The average Bonchev–Trinajstić information content (AvgIpc) is 2.71. The molecular weight excluding hydrogens is 235 g/mol. The summed E-state index contributed by atoms with van der Waals surface area (Å²) in [6.45, 7) is 2.20. The van der Waals surface area contributed by atoms with Gasteiger partial charge in [-0.2, -0.15) is 0 Å². The molecule has 1 heterocycles. The molecule has 2 amide bonds. The first-order chi connectivity index (χ1) is 8.49. The predicted molar refractivity (Wildman–Crippen MR) is 63.8 cm³/mol. The number of nitrogens with zero attached hydrogens (tertiary/aromatic N) is 1. The smallest absolute Gasteiger partial charge is 0.223 e. The molecule has 0 saturated carbocycles. The summed E-state index contributed by atoms with van der Waals surface area (Å²) in [5.74, 6) is -1.26. The van der Waals surface area contributed by atoms with Crippen LogP contribution in [0.1, 0.15) is 24.9 Å². The molecule has 1 aliphatic heterocycles. The maximum absolute atomic E-state index is 12.8. The van der Waals surface area contributed by atoms with Crippen LogP contribution in [0.15, 0.2) is 24.3 Å². The van der Waals surface area contributed by atoms with Crippen LogP contribution in [0.5, 0.6) is 0 Å². The van der Waals surface area contributed by atoms with Gasteiger partial charge in [0.15, 0.2) is 0 Å². The molecule has 2 rings (SSSR count). The minimum Gasteiger partial charge on any atom is -0.369 e. The first kappa shape index (κ1) is 12.5. The molecule has 2 atom stereocenters. The van der Waals surface area contributed by atoms with Gasteiger partial charge in [-0.1, -0.05) is 12.1 Å². The van der Waals surface area contributed by atoms with E-state index in [1.807, 2.05) is 6.92 Å². The van der Waals surface area contributed by atoms with Gasteiger partial charge in [-0.25, -0.2) is 4.39 Å². The molecule has 4 nitrogen and oxygen atoms in total. The van der Waals surface area contributed by atoms with Crippen molar-refractivity contribution in [3.05, 3.63) is 35.6 Å².